The number of hydrogen-bond donors (Lipinski definition) is 2. The van der Waals surface area contributed by atoms with Gasteiger partial charge in [0.15, 0.2) is 0 Å². The molecular formula is C13H22N2O. The van der Waals surface area contributed by atoms with Gasteiger partial charge in [-0.15, -0.1) is 6.58 Å². The maximum atomic E-state index is 11.3. The predicted octanol–water partition coefficient (Wildman–Crippen LogP) is 1.77. The summed E-state index contributed by atoms with van der Waals surface area (Å²) < 4.78 is 0. The molecule has 0 unspecified atom stereocenters. The third-order valence-electron chi connectivity index (χ3n) is 2.73. The van der Waals surface area contributed by atoms with Crippen LogP contribution >= 0.6 is 0 Å². The van der Waals surface area contributed by atoms with Gasteiger partial charge in [-0.1, -0.05) is 17.7 Å². The van der Waals surface area contributed by atoms with Gasteiger partial charge in [0.2, 0.25) is 5.91 Å². The van der Waals surface area contributed by atoms with Crippen LogP contribution in [0.15, 0.2) is 24.3 Å². The predicted molar refractivity (Wildman–Crippen MR) is 67.2 cm³/mol. The second kappa shape index (κ2) is 8.11. The molecule has 1 amide bonds. The van der Waals surface area contributed by atoms with Gasteiger partial charge in [0.1, 0.15) is 0 Å². The molecule has 90 valence electrons. The van der Waals surface area contributed by atoms with Crippen LogP contribution in [0.2, 0.25) is 0 Å². The van der Waals surface area contributed by atoms with E-state index in [0.717, 1.165) is 13.0 Å². The standard InChI is InChI=1S/C13H22N2O/c1-2-9-14-11-13(16)15-10-8-12-6-4-3-5-7-12/h2,6,14H,1,3-5,7-11H2,(H,15,16). The molecule has 0 aromatic heterocycles. The first-order chi connectivity index (χ1) is 7.83. The van der Waals surface area contributed by atoms with Gasteiger partial charge in [-0.3, -0.25) is 4.79 Å². The van der Waals surface area contributed by atoms with E-state index in [1.54, 1.807) is 6.08 Å². The van der Waals surface area contributed by atoms with Crippen LogP contribution < -0.4 is 10.6 Å². The Morgan fingerprint density at radius 3 is 3.06 bits per heavy atom. The van der Waals surface area contributed by atoms with Gasteiger partial charge in [-0.2, -0.15) is 0 Å². The zero-order chi connectivity index (χ0) is 11.6. The van der Waals surface area contributed by atoms with E-state index in [4.69, 9.17) is 0 Å². The van der Waals surface area contributed by atoms with Gasteiger partial charge in [-0.05, 0) is 32.1 Å². The number of rotatable bonds is 7. The molecule has 0 fully saturated rings. The SMILES string of the molecule is C=CCNCC(=O)NCCC1=CCCCC1. The van der Waals surface area contributed by atoms with Crippen molar-refractivity contribution in [3.63, 3.8) is 0 Å². The Kier molecular flexibility index (Phi) is 6.58. The van der Waals surface area contributed by atoms with E-state index in [-0.39, 0.29) is 5.91 Å². The van der Waals surface area contributed by atoms with Crippen molar-refractivity contribution in [3.05, 3.63) is 24.3 Å². The van der Waals surface area contributed by atoms with E-state index in [1.165, 1.54) is 31.3 Å². The van der Waals surface area contributed by atoms with E-state index >= 15 is 0 Å². The fourth-order valence-corrected chi connectivity index (χ4v) is 1.84. The molecule has 1 rings (SSSR count). The highest BCUT2D eigenvalue weighted by Crippen LogP contribution is 2.19. The van der Waals surface area contributed by atoms with Crippen molar-refractivity contribution in [3.8, 4) is 0 Å². The molecule has 3 heteroatoms. The summed E-state index contributed by atoms with van der Waals surface area (Å²) in [6, 6.07) is 0. The maximum Gasteiger partial charge on any atom is 0.233 e. The molecule has 0 bridgehead atoms. The maximum absolute atomic E-state index is 11.3. The van der Waals surface area contributed by atoms with Gasteiger partial charge in [-0.25, -0.2) is 0 Å². The van der Waals surface area contributed by atoms with Crippen LogP contribution in [-0.4, -0.2) is 25.5 Å². The summed E-state index contributed by atoms with van der Waals surface area (Å²) in [5.74, 6) is 0.0678. The molecule has 0 saturated carbocycles. The highest BCUT2D eigenvalue weighted by Gasteiger charge is 2.04. The lowest BCUT2D eigenvalue weighted by molar-refractivity contribution is -0.120. The highest BCUT2D eigenvalue weighted by molar-refractivity contribution is 5.77. The topological polar surface area (TPSA) is 41.1 Å². The minimum Gasteiger partial charge on any atom is -0.355 e. The molecule has 0 heterocycles. The van der Waals surface area contributed by atoms with Crippen LogP contribution in [0.25, 0.3) is 0 Å². The summed E-state index contributed by atoms with van der Waals surface area (Å²) in [5.41, 5.74) is 1.51. The first kappa shape index (κ1) is 13.0. The molecule has 0 spiro atoms. The van der Waals surface area contributed by atoms with Crippen molar-refractivity contribution < 1.29 is 4.79 Å². The van der Waals surface area contributed by atoms with Crippen molar-refractivity contribution in [1.82, 2.24) is 10.6 Å². The van der Waals surface area contributed by atoms with Crippen LogP contribution in [-0.2, 0) is 4.79 Å². The normalized spacial score (nSPS) is 15.4. The molecule has 2 N–H and O–H groups in total. The number of nitrogens with one attached hydrogen (secondary N) is 2. The van der Waals surface area contributed by atoms with E-state index in [2.05, 4.69) is 23.3 Å². The first-order valence-electron chi connectivity index (χ1n) is 6.09. The number of carbonyl (C=O) groups is 1. The van der Waals surface area contributed by atoms with Gasteiger partial charge in [0, 0.05) is 13.1 Å². The average Bonchev–Trinajstić information content (AvgIpc) is 2.31. The number of carbonyl (C=O) groups excluding carboxylic acids is 1. The Hall–Kier alpha value is -1.09. The number of hydrogen-bond acceptors (Lipinski definition) is 2. The molecule has 0 atom stereocenters. The molecule has 0 aliphatic heterocycles. The minimum atomic E-state index is 0.0678. The molecule has 16 heavy (non-hydrogen) atoms. The molecule has 1 aliphatic carbocycles. The van der Waals surface area contributed by atoms with E-state index in [1.807, 2.05) is 0 Å². The van der Waals surface area contributed by atoms with Gasteiger partial charge < -0.3 is 10.6 Å². The summed E-state index contributed by atoms with van der Waals surface area (Å²) in [6.07, 6.45) is 10.1. The van der Waals surface area contributed by atoms with Gasteiger partial charge in [0.05, 0.1) is 6.54 Å². The molecular weight excluding hydrogens is 200 g/mol. The van der Waals surface area contributed by atoms with Crippen LogP contribution in [0, 0.1) is 0 Å². The second-order valence-corrected chi connectivity index (χ2v) is 4.13. The summed E-state index contributed by atoms with van der Waals surface area (Å²) in [7, 11) is 0. The third-order valence-corrected chi connectivity index (χ3v) is 2.73. The molecule has 0 saturated heterocycles. The van der Waals surface area contributed by atoms with Crippen LogP contribution in [0.1, 0.15) is 32.1 Å². The van der Waals surface area contributed by atoms with E-state index in [0.29, 0.717) is 13.1 Å². The average molecular weight is 222 g/mol. The Bertz CT molecular complexity index is 259. The largest absolute Gasteiger partial charge is 0.355 e. The third kappa shape index (κ3) is 5.71. The molecule has 0 aromatic rings. The fraction of sp³-hybridized carbons (Fsp3) is 0.615. The molecule has 0 radical (unpaired) electrons. The lowest BCUT2D eigenvalue weighted by Gasteiger charge is -2.12. The Balaban J connectivity index is 2.03. The van der Waals surface area contributed by atoms with Crippen molar-refractivity contribution in [1.29, 1.82) is 0 Å². The lowest BCUT2D eigenvalue weighted by atomic mass is 9.97. The monoisotopic (exact) mass is 222 g/mol. The van der Waals surface area contributed by atoms with E-state index in [9.17, 15) is 4.79 Å². The highest BCUT2D eigenvalue weighted by atomic mass is 16.1. The summed E-state index contributed by atoms with van der Waals surface area (Å²) in [6.45, 7) is 5.40. The lowest BCUT2D eigenvalue weighted by Crippen LogP contribution is -2.34. The Labute approximate surface area is 98.0 Å². The molecule has 3 nitrogen and oxygen atoms in total. The number of amides is 1. The summed E-state index contributed by atoms with van der Waals surface area (Å²) in [5, 5.41) is 5.89. The molecule has 1 aliphatic rings. The first-order valence-corrected chi connectivity index (χ1v) is 6.09. The summed E-state index contributed by atoms with van der Waals surface area (Å²) >= 11 is 0. The van der Waals surface area contributed by atoms with Gasteiger partial charge >= 0.3 is 0 Å². The van der Waals surface area contributed by atoms with Crippen molar-refractivity contribution in [2.45, 2.75) is 32.1 Å². The Morgan fingerprint density at radius 2 is 2.38 bits per heavy atom. The van der Waals surface area contributed by atoms with Crippen molar-refractivity contribution in [2.75, 3.05) is 19.6 Å². The van der Waals surface area contributed by atoms with Crippen LogP contribution in [0.4, 0.5) is 0 Å². The zero-order valence-corrected chi connectivity index (χ0v) is 9.93. The Morgan fingerprint density at radius 1 is 1.50 bits per heavy atom. The van der Waals surface area contributed by atoms with Crippen LogP contribution in [0.5, 0.6) is 0 Å². The smallest absolute Gasteiger partial charge is 0.233 e. The second-order valence-electron chi connectivity index (χ2n) is 4.13. The fourth-order valence-electron chi connectivity index (χ4n) is 1.84. The van der Waals surface area contributed by atoms with Crippen molar-refractivity contribution in [2.24, 2.45) is 0 Å². The zero-order valence-electron chi connectivity index (χ0n) is 9.93. The quantitative estimate of drug-likeness (QED) is 0.509. The summed E-state index contributed by atoms with van der Waals surface area (Å²) in [4.78, 5) is 11.3. The minimum absolute atomic E-state index is 0.0678. The number of allylic oxidation sites excluding steroid dienone is 1. The van der Waals surface area contributed by atoms with E-state index < -0.39 is 0 Å². The van der Waals surface area contributed by atoms with Gasteiger partial charge in [0.25, 0.3) is 0 Å². The molecule has 0 aromatic carbocycles. The van der Waals surface area contributed by atoms with Crippen LogP contribution in [0.3, 0.4) is 0 Å². The van der Waals surface area contributed by atoms with Crippen molar-refractivity contribution >= 4 is 5.91 Å².